The fraction of sp³-hybridized carbons (Fsp3) is 0.333. The number of ether oxygens (including phenoxy) is 1. The number of carboxylic acids is 1. The minimum atomic E-state index is -3.85. The van der Waals surface area contributed by atoms with Gasteiger partial charge in [-0.1, -0.05) is 41.6 Å². The van der Waals surface area contributed by atoms with Crippen LogP contribution in [-0.4, -0.2) is 42.1 Å². The van der Waals surface area contributed by atoms with Crippen molar-refractivity contribution in [3.63, 3.8) is 0 Å². The molecule has 0 bridgehead atoms. The summed E-state index contributed by atoms with van der Waals surface area (Å²) in [6, 6.07) is 15.7. The third-order valence-electron chi connectivity index (χ3n) is 7.31. The number of aliphatic carboxylic acids is 1. The molecular weight excluding hydrogens is 532 g/mol. The number of furan rings is 1. The average molecular weight is 565 g/mol. The van der Waals surface area contributed by atoms with Crippen LogP contribution in [0.15, 0.2) is 62.4 Å². The highest BCUT2D eigenvalue weighted by Gasteiger charge is 2.35. The number of aryl methyl sites for hydroxylation is 4. The summed E-state index contributed by atoms with van der Waals surface area (Å²) < 4.78 is 45.8. The Bertz CT molecular complexity index is 1620. The first-order valence-corrected chi connectivity index (χ1v) is 14.6. The Labute approximate surface area is 233 Å². The molecule has 0 fully saturated rings. The van der Waals surface area contributed by atoms with E-state index in [9.17, 15) is 18.3 Å². The summed E-state index contributed by atoms with van der Waals surface area (Å²) in [5, 5.41) is 13.1. The van der Waals surface area contributed by atoms with Gasteiger partial charge in [0, 0.05) is 37.1 Å². The van der Waals surface area contributed by atoms with Gasteiger partial charge in [0.25, 0.3) is 0 Å². The zero-order chi connectivity index (χ0) is 28.4. The molecule has 0 aliphatic carbocycles. The maximum atomic E-state index is 13.5. The summed E-state index contributed by atoms with van der Waals surface area (Å²) >= 11 is 0. The number of carboxylic acid groups (broad SMARTS) is 1. The van der Waals surface area contributed by atoms with E-state index in [2.05, 4.69) is 5.16 Å². The van der Waals surface area contributed by atoms with E-state index in [4.69, 9.17) is 13.7 Å². The first-order valence-electron chi connectivity index (χ1n) is 13.2. The lowest BCUT2D eigenvalue weighted by atomic mass is 9.92. The van der Waals surface area contributed by atoms with E-state index in [1.807, 2.05) is 55.5 Å². The molecule has 3 heterocycles. The third-order valence-corrected chi connectivity index (χ3v) is 9.40. The van der Waals surface area contributed by atoms with Crippen LogP contribution in [-0.2, 0) is 40.6 Å². The van der Waals surface area contributed by atoms with Gasteiger partial charge in [-0.05, 0) is 62.4 Å². The highest BCUT2D eigenvalue weighted by Crippen LogP contribution is 2.35. The minimum absolute atomic E-state index is 0.0488. The minimum Gasteiger partial charge on any atom is -0.493 e. The van der Waals surface area contributed by atoms with Gasteiger partial charge >= 0.3 is 5.97 Å². The van der Waals surface area contributed by atoms with Crippen molar-refractivity contribution in [1.29, 1.82) is 0 Å². The molecule has 0 unspecified atom stereocenters. The molecule has 0 saturated heterocycles. The van der Waals surface area contributed by atoms with E-state index in [1.54, 1.807) is 13.8 Å². The Balaban J connectivity index is 1.37. The number of benzene rings is 2. The summed E-state index contributed by atoms with van der Waals surface area (Å²) in [4.78, 5) is 11.4. The largest absolute Gasteiger partial charge is 0.493 e. The average Bonchev–Trinajstić information content (AvgIpc) is 3.48. The summed E-state index contributed by atoms with van der Waals surface area (Å²) in [6.07, 6.45) is 1.34. The molecule has 0 amide bonds. The van der Waals surface area contributed by atoms with Crippen molar-refractivity contribution in [2.45, 2.75) is 57.9 Å². The Morgan fingerprint density at radius 2 is 1.80 bits per heavy atom. The number of hydrogen-bond donors (Lipinski definition) is 1. The number of rotatable bonds is 10. The molecule has 10 heteroatoms. The van der Waals surface area contributed by atoms with Crippen LogP contribution < -0.4 is 4.74 Å². The van der Waals surface area contributed by atoms with Gasteiger partial charge < -0.3 is 18.8 Å². The quantitative estimate of drug-likeness (QED) is 0.277. The molecule has 2 aromatic carbocycles. The van der Waals surface area contributed by atoms with Crippen molar-refractivity contribution < 1.29 is 32.0 Å². The van der Waals surface area contributed by atoms with E-state index in [1.165, 1.54) is 4.31 Å². The van der Waals surface area contributed by atoms with Crippen LogP contribution in [0.3, 0.4) is 0 Å². The molecule has 2 aromatic heterocycles. The normalized spacial score (nSPS) is 13.8. The van der Waals surface area contributed by atoms with E-state index < -0.39 is 16.0 Å². The molecule has 40 heavy (non-hydrogen) atoms. The molecule has 210 valence electrons. The van der Waals surface area contributed by atoms with Crippen LogP contribution in [0.2, 0.25) is 0 Å². The first-order chi connectivity index (χ1) is 19.1. The van der Waals surface area contributed by atoms with E-state index in [0.29, 0.717) is 37.3 Å². The number of carbonyl (C=O) groups is 1. The number of fused-ring (bicyclic) bond motifs is 1. The number of sulfonamides is 1. The van der Waals surface area contributed by atoms with Crippen LogP contribution in [0.1, 0.15) is 45.9 Å². The van der Waals surface area contributed by atoms with E-state index in [0.717, 1.165) is 39.3 Å². The molecule has 4 aromatic rings. The topological polar surface area (TPSA) is 123 Å². The SMILES string of the molecule is Cc1noc(C)c1S(=O)(=O)N1CCc2c(OCCc3cc(-c4ccccc4)oc3C)ccc(CCC(=O)O)c2C1. The van der Waals surface area contributed by atoms with E-state index in [-0.39, 0.29) is 30.2 Å². The molecule has 1 aliphatic rings. The standard InChI is InChI=1S/C30H32N2O7S/c1-19-30(21(3)39-31-19)40(35,36)32-15-13-25-26(18-32)22(10-12-29(33)34)9-11-27(25)37-16-14-24-17-28(38-20(24)2)23-7-5-4-6-8-23/h4-9,11,17H,10,12-16,18H2,1-3H3,(H,33,34). The summed E-state index contributed by atoms with van der Waals surface area (Å²) in [5.74, 6) is 1.68. The smallest absolute Gasteiger partial charge is 0.303 e. The Morgan fingerprint density at radius 3 is 2.50 bits per heavy atom. The van der Waals surface area contributed by atoms with Gasteiger partial charge in [0.1, 0.15) is 27.9 Å². The van der Waals surface area contributed by atoms with Crippen LogP contribution in [0, 0.1) is 20.8 Å². The molecule has 1 aliphatic heterocycles. The molecule has 0 radical (unpaired) electrons. The Morgan fingerprint density at radius 1 is 1.02 bits per heavy atom. The highest BCUT2D eigenvalue weighted by atomic mass is 32.2. The second-order valence-corrected chi connectivity index (χ2v) is 11.8. The molecule has 5 rings (SSSR count). The molecule has 0 saturated carbocycles. The Kier molecular flexibility index (Phi) is 7.82. The van der Waals surface area contributed by atoms with Gasteiger partial charge in [-0.3, -0.25) is 4.79 Å². The monoisotopic (exact) mass is 564 g/mol. The van der Waals surface area contributed by atoms with Crippen molar-refractivity contribution in [1.82, 2.24) is 9.46 Å². The molecule has 0 spiro atoms. The van der Waals surface area contributed by atoms with Crippen molar-refractivity contribution in [3.8, 4) is 17.1 Å². The molecule has 0 atom stereocenters. The van der Waals surface area contributed by atoms with Crippen LogP contribution in [0.4, 0.5) is 0 Å². The zero-order valence-electron chi connectivity index (χ0n) is 22.8. The van der Waals surface area contributed by atoms with Gasteiger partial charge in [0.15, 0.2) is 5.76 Å². The van der Waals surface area contributed by atoms with Crippen molar-refractivity contribution in [2.75, 3.05) is 13.2 Å². The lowest BCUT2D eigenvalue weighted by Gasteiger charge is -2.31. The van der Waals surface area contributed by atoms with Crippen molar-refractivity contribution in [3.05, 3.63) is 88.0 Å². The summed E-state index contributed by atoms with van der Waals surface area (Å²) in [5.41, 5.74) is 4.91. The molecule has 1 N–H and O–H groups in total. The lowest BCUT2D eigenvalue weighted by molar-refractivity contribution is -0.136. The lowest BCUT2D eigenvalue weighted by Crippen LogP contribution is -2.37. The van der Waals surface area contributed by atoms with Crippen LogP contribution in [0.5, 0.6) is 5.75 Å². The summed E-state index contributed by atoms with van der Waals surface area (Å²) in [6.45, 7) is 5.93. The predicted octanol–water partition coefficient (Wildman–Crippen LogP) is 5.25. The summed E-state index contributed by atoms with van der Waals surface area (Å²) in [7, 11) is -3.85. The van der Waals surface area contributed by atoms with Crippen LogP contribution in [0.25, 0.3) is 11.3 Å². The van der Waals surface area contributed by atoms with Gasteiger partial charge in [-0.25, -0.2) is 8.42 Å². The van der Waals surface area contributed by atoms with Gasteiger partial charge in [-0.15, -0.1) is 0 Å². The number of nitrogens with zero attached hydrogens (tertiary/aromatic N) is 2. The maximum Gasteiger partial charge on any atom is 0.303 e. The maximum absolute atomic E-state index is 13.5. The number of aromatic nitrogens is 1. The van der Waals surface area contributed by atoms with Gasteiger partial charge in [0.05, 0.1) is 6.61 Å². The van der Waals surface area contributed by atoms with E-state index >= 15 is 0 Å². The van der Waals surface area contributed by atoms with Crippen molar-refractivity contribution in [2.24, 2.45) is 0 Å². The fourth-order valence-corrected chi connectivity index (χ4v) is 6.95. The van der Waals surface area contributed by atoms with Crippen LogP contribution >= 0.6 is 0 Å². The van der Waals surface area contributed by atoms with Gasteiger partial charge in [-0.2, -0.15) is 4.31 Å². The predicted molar refractivity (Wildman–Crippen MR) is 148 cm³/mol. The molecular formula is C30H32N2O7S. The highest BCUT2D eigenvalue weighted by molar-refractivity contribution is 7.89. The second-order valence-electron chi connectivity index (χ2n) is 9.97. The first kappa shape index (κ1) is 27.7. The van der Waals surface area contributed by atoms with Gasteiger partial charge in [0.2, 0.25) is 10.0 Å². The second kappa shape index (κ2) is 11.3. The fourth-order valence-electron chi connectivity index (χ4n) is 5.25. The number of hydrogen-bond acceptors (Lipinski definition) is 7. The molecule has 9 nitrogen and oxygen atoms in total. The zero-order valence-corrected chi connectivity index (χ0v) is 23.6. The third kappa shape index (κ3) is 5.55. The Hall–Kier alpha value is -3.89. The van der Waals surface area contributed by atoms with Crippen molar-refractivity contribution >= 4 is 16.0 Å².